The minimum absolute atomic E-state index is 0.259. The second-order valence-electron chi connectivity index (χ2n) is 5.39. The molecule has 2 rings (SSSR count). The molecule has 0 amide bonds. The third-order valence-electron chi connectivity index (χ3n) is 3.69. The Morgan fingerprint density at radius 2 is 1.53 bits per heavy atom. The van der Waals surface area contributed by atoms with E-state index in [4.69, 9.17) is 23.1 Å². The number of benzene rings is 2. The van der Waals surface area contributed by atoms with E-state index in [1.165, 1.54) is 0 Å². The molecule has 0 spiro atoms. The van der Waals surface area contributed by atoms with Gasteiger partial charge in [-0.05, 0) is 36.2 Å². The van der Waals surface area contributed by atoms with Gasteiger partial charge in [0.05, 0.1) is 0 Å². The maximum atomic E-state index is 6.23. The molecule has 0 aromatic heterocycles. The summed E-state index contributed by atoms with van der Waals surface area (Å²) in [4.78, 5) is 0. The van der Waals surface area contributed by atoms with E-state index >= 15 is 0 Å². The predicted octanol–water partition coefficient (Wildman–Crippen LogP) is 4.14. The van der Waals surface area contributed by atoms with Gasteiger partial charge in [-0.1, -0.05) is 43.6 Å². The van der Waals surface area contributed by atoms with Crippen molar-refractivity contribution in [2.75, 3.05) is 11.5 Å². The summed E-state index contributed by atoms with van der Waals surface area (Å²) in [6, 6.07) is 11.7. The summed E-state index contributed by atoms with van der Waals surface area (Å²) in [5.74, 6) is 0. The van der Waals surface area contributed by atoms with E-state index in [0.717, 1.165) is 33.1 Å². The zero-order valence-corrected chi connectivity index (χ0v) is 12.3. The summed E-state index contributed by atoms with van der Waals surface area (Å²) < 4.78 is 0. The van der Waals surface area contributed by atoms with Crippen molar-refractivity contribution in [2.24, 2.45) is 0 Å². The van der Waals surface area contributed by atoms with Crippen molar-refractivity contribution in [1.82, 2.24) is 0 Å². The van der Waals surface area contributed by atoms with Gasteiger partial charge in [0.25, 0.3) is 0 Å². The molecular formula is C16H19ClN2. The van der Waals surface area contributed by atoms with Gasteiger partial charge in [0.2, 0.25) is 0 Å². The molecule has 4 N–H and O–H groups in total. The third-order valence-corrected chi connectivity index (χ3v) is 3.94. The average Bonchev–Trinajstić information content (AvgIpc) is 2.34. The van der Waals surface area contributed by atoms with E-state index in [1.54, 1.807) is 0 Å². The molecule has 0 aliphatic carbocycles. The normalized spacial score (nSPS) is 11.6. The molecule has 100 valence electrons. The Hall–Kier alpha value is -1.67. The highest BCUT2D eigenvalue weighted by Crippen LogP contribution is 2.40. The fourth-order valence-corrected chi connectivity index (χ4v) is 2.57. The van der Waals surface area contributed by atoms with Gasteiger partial charge < -0.3 is 11.5 Å². The number of nitrogen functional groups attached to an aromatic ring is 2. The minimum Gasteiger partial charge on any atom is -0.398 e. The Morgan fingerprint density at radius 3 is 2.11 bits per heavy atom. The highest BCUT2D eigenvalue weighted by atomic mass is 35.5. The van der Waals surface area contributed by atoms with Gasteiger partial charge >= 0.3 is 0 Å². The van der Waals surface area contributed by atoms with Crippen molar-refractivity contribution in [3.8, 4) is 0 Å². The molecule has 19 heavy (non-hydrogen) atoms. The standard InChI is InChI=1S/C16H19ClN2/c1-10-4-9-13(18)14(15(10)19)16(2,3)11-5-7-12(17)8-6-11/h4-9H,18-19H2,1-3H3. The maximum Gasteiger partial charge on any atom is 0.0406 e. The number of aryl methyl sites for hydroxylation is 1. The molecule has 0 bridgehead atoms. The van der Waals surface area contributed by atoms with Crippen LogP contribution in [0.1, 0.15) is 30.5 Å². The first-order valence-corrected chi connectivity index (χ1v) is 6.63. The second kappa shape index (κ2) is 4.78. The van der Waals surface area contributed by atoms with Crippen LogP contribution < -0.4 is 11.5 Å². The van der Waals surface area contributed by atoms with Gasteiger partial charge in [-0.3, -0.25) is 0 Å². The Balaban J connectivity index is 2.62. The molecule has 0 saturated heterocycles. The molecule has 0 heterocycles. The molecule has 2 aromatic rings. The monoisotopic (exact) mass is 274 g/mol. The van der Waals surface area contributed by atoms with Crippen molar-refractivity contribution < 1.29 is 0 Å². The van der Waals surface area contributed by atoms with Crippen LogP contribution >= 0.6 is 11.6 Å². The van der Waals surface area contributed by atoms with Gasteiger partial charge in [-0.25, -0.2) is 0 Å². The largest absolute Gasteiger partial charge is 0.398 e. The summed E-state index contributed by atoms with van der Waals surface area (Å²) in [5.41, 5.74) is 16.8. The zero-order chi connectivity index (χ0) is 14.2. The van der Waals surface area contributed by atoms with Crippen LogP contribution in [0, 0.1) is 6.92 Å². The van der Waals surface area contributed by atoms with E-state index in [9.17, 15) is 0 Å². The average molecular weight is 275 g/mol. The molecule has 0 fully saturated rings. The van der Waals surface area contributed by atoms with Crippen LogP contribution in [0.4, 0.5) is 11.4 Å². The summed E-state index contributed by atoms with van der Waals surface area (Å²) >= 11 is 5.95. The van der Waals surface area contributed by atoms with Crippen molar-refractivity contribution in [3.63, 3.8) is 0 Å². The van der Waals surface area contributed by atoms with E-state index in [0.29, 0.717) is 0 Å². The minimum atomic E-state index is -0.259. The quantitative estimate of drug-likeness (QED) is 0.809. The van der Waals surface area contributed by atoms with Gasteiger partial charge in [-0.2, -0.15) is 0 Å². The summed E-state index contributed by atoms with van der Waals surface area (Å²) in [5, 5.41) is 0.727. The number of nitrogens with two attached hydrogens (primary N) is 2. The molecule has 0 aliphatic heterocycles. The molecule has 2 aromatic carbocycles. The van der Waals surface area contributed by atoms with E-state index in [-0.39, 0.29) is 5.41 Å². The third kappa shape index (κ3) is 2.41. The van der Waals surface area contributed by atoms with Crippen LogP contribution in [0.15, 0.2) is 36.4 Å². The Morgan fingerprint density at radius 1 is 0.947 bits per heavy atom. The van der Waals surface area contributed by atoms with Gasteiger partial charge in [0.1, 0.15) is 0 Å². The topological polar surface area (TPSA) is 52.0 Å². The number of halogens is 1. The number of anilines is 2. The van der Waals surface area contributed by atoms with Crippen molar-refractivity contribution >= 4 is 23.0 Å². The molecule has 0 saturated carbocycles. The first-order chi connectivity index (χ1) is 8.84. The predicted molar refractivity (Wildman–Crippen MR) is 83.6 cm³/mol. The summed E-state index contributed by atoms with van der Waals surface area (Å²) in [7, 11) is 0. The SMILES string of the molecule is Cc1ccc(N)c(C(C)(C)c2ccc(Cl)cc2)c1N. The fraction of sp³-hybridized carbons (Fsp3) is 0.250. The fourth-order valence-electron chi connectivity index (χ4n) is 2.45. The smallest absolute Gasteiger partial charge is 0.0406 e. The van der Waals surface area contributed by atoms with Gasteiger partial charge in [0.15, 0.2) is 0 Å². The lowest BCUT2D eigenvalue weighted by Crippen LogP contribution is -2.23. The molecule has 0 radical (unpaired) electrons. The Bertz CT molecular complexity index is 601. The Kier molecular flexibility index (Phi) is 3.46. The van der Waals surface area contributed by atoms with E-state index < -0.39 is 0 Å². The van der Waals surface area contributed by atoms with E-state index in [2.05, 4.69) is 13.8 Å². The Labute approximate surface area is 119 Å². The lowest BCUT2D eigenvalue weighted by atomic mass is 9.76. The van der Waals surface area contributed by atoms with Gasteiger partial charge in [0, 0.05) is 27.4 Å². The molecule has 0 aliphatic rings. The number of rotatable bonds is 2. The van der Waals surface area contributed by atoms with Crippen LogP contribution in [0.2, 0.25) is 5.02 Å². The molecule has 2 nitrogen and oxygen atoms in total. The lowest BCUT2D eigenvalue weighted by Gasteiger charge is -2.29. The van der Waals surface area contributed by atoms with Crippen molar-refractivity contribution in [3.05, 3.63) is 58.1 Å². The van der Waals surface area contributed by atoms with Crippen LogP contribution in [-0.4, -0.2) is 0 Å². The number of hydrogen-bond donors (Lipinski definition) is 2. The van der Waals surface area contributed by atoms with Crippen LogP contribution in [0.25, 0.3) is 0 Å². The molecule has 0 atom stereocenters. The van der Waals surface area contributed by atoms with Gasteiger partial charge in [-0.15, -0.1) is 0 Å². The van der Waals surface area contributed by atoms with Crippen LogP contribution in [-0.2, 0) is 5.41 Å². The van der Waals surface area contributed by atoms with Crippen molar-refractivity contribution in [2.45, 2.75) is 26.2 Å². The molecule has 3 heteroatoms. The molecular weight excluding hydrogens is 256 g/mol. The maximum absolute atomic E-state index is 6.23. The highest BCUT2D eigenvalue weighted by molar-refractivity contribution is 6.30. The summed E-state index contributed by atoms with van der Waals surface area (Å²) in [6.07, 6.45) is 0. The summed E-state index contributed by atoms with van der Waals surface area (Å²) in [6.45, 7) is 6.24. The first kappa shape index (κ1) is 13.8. The van der Waals surface area contributed by atoms with Crippen LogP contribution in [0.5, 0.6) is 0 Å². The first-order valence-electron chi connectivity index (χ1n) is 6.25. The van der Waals surface area contributed by atoms with Crippen LogP contribution in [0.3, 0.4) is 0 Å². The second-order valence-corrected chi connectivity index (χ2v) is 5.83. The highest BCUT2D eigenvalue weighted by Gasteiger charge is 2.28. The number of hydrogen-bond acceptors (Lipinski definition) is 2. The zero-order valence-electron chi connectivity index (χ0n) is 11.5. The van der Waals surface area contributed by atoms with E-state index in [1.807, 2.05) is 43.3 Å². The van der Waals surface area contributed by atoms with Crippen molar-refractivity contribution in [1.29, 1.82) is 0 Å². The molecule has 0 unspecified atom stereocenters. The lowest BCUT2D eigenvalue weighted by molar-refractivity contribution is 0.645.